The Morgan fingerprint density at radius 3 is 2.80 bits per heavy atom. The van der Waals surface area contributed by atoms with Crippen molar-refractivity contribution in [3.8, 4) is 0 Å². The molecule has 8 nitrogen and oxygen atoms in total. The number of nitrogens with one attached hydrogen (secondary N) is 1. The molecule has 1 aliphatic carbocycles. The van der Waals surface area contributed by atoms with Gasteiger partial charge in [0.15, 0.2) is 6.61 Å². The third kappa shape index (κ3) is 3.56. The summed E-state index contributed by atoms with van der Waals surface area (Å²) >= 11 is 0. The van der Waals surface area contributed by atoms with Crippen molar-refractivity contribution in [1.82, 2.24) is 5.32 Å². The van der Waals surface area contributed by atoms with Crippen molar-refractivity contribution in [2.24, 2.45) is 5.92 Å². The number of rotatable bonds is 6. The first-order valence-electron chi connectivity index (χ1n) is 6.18. The SMILES string of the molecule is C[C@@H](NC(=O)COC(=O)c1ccc([N+](=O)[O-])o1)C1CC1. The Morgan fingerprint density at radius 2 is 2.25 bits per heavy atom. The predicted molar refractivity (Wildman–Crippen MR) is 66.0 cm³/mol. The summed E-state index contributed by atoms with van der Waals surface area (Å²) in [5, 5.41) is 13.1. The molecular weight excluding hydrogens is 268 g/mol. The van der Waals surface area contributed by atoms with Crippen LogP contribution in [0.25, 0.3) is 0 Å². The molecule has 1 aromatic rings. The number of hydrogen-bond donors (Lipinski definition) is 1. The average Bonchev–Trinajstić information content (AvgIpc) is 3.12. The monoisotopic (exact) mass is 282 g/mol. The summed E-state index contributed by atoms with van der Waals surface area (Å²) in [5.41, 5.74) is 0. The summed E-state index contributed by atoms with van der Waals surface area (Å²) in [5.74, 6) is -1.67. The van der Waals surface area contributed by atoms with Gasteiger partial charge in [-0.2, -0.15) is 0 Å². The standard InChI is InChI=1S/C12H14N2O6/c1-7(8-2-3-8)13-10(15)6-19-12(16)9-4-5-11(20-9)14(17)18/h4-5,7-8H,2-3,6H2,1H3,(H,13,15)/t7-/m1/s1. The predicted octanol–water partition coefficient (Wildman–Crippen LogP) is 1.26. The lowest BCUT2D eigenvalue weighted by Gasteiger charge is -2.12. The molecule has 20 heavy (non-hydrogen) atoms. The summed E-state index contributed by atoms with van der Waals surface area (Å²) < 4.78 is 9.38. The fourth-order valence-corrected chi connectivity index (χ4v) is 1.75. The Hall–Kier alpha value is -2.38. The van der Waals surface area contributed by atoms with Gasteiger partial charge in [-0.25, -0.2) is 4.79 Å². The van der Waals surface area contributed by atoms with Gasteiger partial charge in [0.25, 0.3) is 5.91 Å². The van der Waals surface area contributed by atoms with Crippen LogP contribution in [0.3, 0.4) is 0 Å². The minimum absolute atomic E-state index is 0.0610. The fraction of sp³-hybridized carbons (Fsp3) is 0.500. The molecule has 2 rings (SSSR count). The van der Waals surface area contributed by atoms with Crippen molar-refractivity contribution in [3.63, 3.8) is 0 Å². The number of furan rings is 1. The van der Waals surface area contributed by atoms with E-state index in [1.165, 1.54) is 0 Å². The van der Waals surface area contributed by atoms with Gasteiger partial charge < -0.3 is 14.5 Å². The first-order chi connectivity index (χ1) is 9.47. The lowest BCUT2D eigenvalue weighted by Crippen LogP contribution is -2.37. The van der Waals surface area contributed by atoms with Crippen molar-refractivity contribution >= 4 is 17.8 Å². The van der Waals surface area contributed by atoms with E-state index in [4.69, 9.17) is 4.74 Å². The third-order valence-electron chi connectivity index (χ3n) is 3.03. The quantitative estimate of drug-likeness (QED) is 0.477. The number of nitrogens with zero attached hydrogens (tertiary/aromatic N) is 1. The maximum Gasteiger partial charge on any atom is 0.433 e. The van der Waals surface area contributed by atoms with Crippen molar-refractivity contribution in [1.29, 1.82) is 0 Å². The molecule has 0 spiro atoms. The third-order valence-corrected chi connectivity index (χ3v) is 3.03. The van der Waals surface area contributed by atoms with E-state index < -0.39 is 29.3 Å². The van der Waals surface area contributed by atoms with Crippen molar-refractivity contribution in [2.75, 3.05) is 6.61 Å². The molecule has 1 saturated carbocycles. The molecular formula is C12H14N2O6. The summed E-state index contributed by atoms with van der Waals surface area (Å²) in [4.78, 5) is 32.6. The highest BCUT2D eigenvalue weighted by molar-refractivity contribution is 5.89. The Balaban J connectivity index is 1.78. The molecule has 1 fully saturated rings. The van der Waals surface area contributed by atoms with E-state index in [2.05, 4.69) is 9.73 Å². The summed E-state index contributed by atoms with van der Waals surface area (Å²) in [6.45, 7) is 1.46. The first kappa shape index (κ1) is 14.0. The van der Waals surface area contributed by atoms with Crippen molar-refractivity contribution in [3.05, 3.63) is 28.0 Å². The Bertz CT molecular complexity index is 534. The number of ether oxygens (including phenoxy) is 1. The first-order valence-corrected chi connectivity index (χ1v) is 6.18. The van der Waals surface area contributed by atoms with Crippen LogP contribution < -0.4 is 5.32 Å². The van der Waals surface area contributed by atoms with Gasteiger partial charge in [-0.05, 0) is 31.7 Å². The van der Waals surface area contributed by atoms with Crippen LogP contribution in [-0.4, -0.2) is 29.4 Å². The second kappa shape index (κ2) is 5.72. The number of nitro groups is 1. The zero-order valence-electron chi connectivity index (χ0n) is 10.8. The zero-order valence-corrected chi connectivity index (χ0v) is 10.8. The minimum Gasteiger partial charge on any atom is -0.450 e. The number of carbonyl (C=O) groups is 2. The number of carbonyl (C=O) groups excluding carboxylic acids is 2. The van der Waals surface area contributed by atoms with E-state index in [1.54, 1.807) is 0 Å². The molecule has 0 aromatic carbocycles. The van der Waals surface area contributed by atoms with E-state index in [9.17, 15) is 19.7 Å². The van der Waals surface area contributed by atoms with Crippen LogP contribution in [-0.2, 0) is 9.53 Å². The van der Waals surface area contributed by atoms with Crippen LogP contribution in [0.15, 0.2) is 16.5 Å². The molecule has 0 unspecified atom stereocenters. The molecule has 0 radical (unpaired) electrons. The van der Waals surface area contributed by atoms with Crippen LogP contribution in [0.4, 0.5) is 5.88 Å². The molecule has 1 heterocycles. The summed E-state index contributed by atoms with van der Waals surface area (Å²) in [6, 6.07) is 2.24. The van der Waals surface area contributed by atoms with Gasteiger partial charge in [0.1, 0.15) is 4.92 Å². The molecule has 1 aliphatic rings. The van der Waals surface area contributed by atoms with E-state index in [1.807, 2.05) is 6.92 Å². The molecule has 1 aromatic heterocycles. The van der Waals surface area contributed by atoms with E-state index >= 15 is 0 Å². The van der Waals surface area contributed by atoms with E-state index in [0.29, 0.717) is 5.92 Å². The minimum atomic E-state index is -0.910. The number of esters is 1. The van der Waals surface area contributed by atoms with Crippen molar-refractivity contribution < 1.29 is 23.7 Å². The lowest BCUT2D eigenvalue weighted by atomic mass is 10.2. The maximum absolute atomic E-state index is 11.5. The van der Waals surface area contributed by atoms with E-state index in [-0.39, 0.29) is 11.8 Å². The maximum atomic E-state index is 11.5. The number of hydrogen-bond acceptors (Lipinski definition) is 6. The molecule has 108 valence electrons. The molecule has 1 amide bonds. The van der Waals surface area contributed by atoms with Gasteiger partial charge in [-0.3, -0.25) is 14.9 Å². The molecule has 0 bridgehead atoms. The molecule has 0 saturated heterocycles. The number of amides is 1. The van der Waals surface area contributed by atoms with Crippen LogP contribution in [0, 0.1) is 16.0 Å². The largest absolute Gasteiger partial charge is 0.450 e. The fourth-order valence-electron chi connectivity index (χ4n) is 1.75. The Morgan fingerprint density at radius 1 is 1.55 bits per heavy atom. The van der Waals surface area contributed by atoms with Gasteiger partial charge in [0.05, 0.1) is 6.07 Å². The normalized spacial score (nSPS) is 15.4. The molecule has 1 N–H and O–H groups in total. The zero-order chi connectivity index (χ0) is 14.7. The summed E-state index contributed by atoms with van der Waals surface area (Å²) in [7, 11) is 0. The highest BCUT2D eigenvalue weighted by Gasteiger charge is 2.29. The van der Waals surface area contributed by atoms with Gasteiger partial charge >= 0.3 is 11.9 Å². The van der Waals surface area contributed by atoms with Gasteiger partial charge in [-0.1, -0.05) is 0 Å². The average molecular weight is 282 g/mol. The smallest absolute Gasteiger partial charge is 0.433 e. The Labute approximate surface area is 114 Å². The topological polar surface area (TPSA) is 112 Å². The van der Waals surface area contributed by atoms with Crippen LogP contribution in [0.1, 0.15) is 30.3 Å². The molecule has 1 atom stereocenters. The van der Waals surface area contributed by atoms with Gasteiger partial charge in [0, 0.05) is 6.04 Å². The van der Waals surface area contributed by atoms with Crippen molar-refractivity contribution in [2.45, 2.75) is 25.8 Å². The highest BCUT2D eigenvalue weighted by Crippen LogP contribution is 2.32. The van der Waals surface area contributed by atoms with Crippen LogP contribution in [0.2, 0.25) is 0 Å². The van der Waals surface area contributed by atoms with Crippen LogP contribution in [0.5, 0.6) is 0 Å². The van der Waals surface area contributed by atoms with E-state index in [0.717, 1.165) is 25.0 Å². The second-order valence-corrected chi connectivity index (χ2v) is 4.66. The molecule has 0 aliphatic heterocycles. The van der Waals surface area contributed by atoms with Crippen LogP contribution >= 0.6 is 0 Å². The van der Waals surface area contributed by atoms with Gasteiger partial charge in [0.2, 0.25) is 5.76 Å². The van der Waals surface area contributed by atoms with Gasteiger partial charge in [-0.15, -0.1) is 0 Å². The highest BCUT2D eigenvalue weighted by atomic mass is 16.7. The second-order valence-electron chi connectivity index (χ2n) is 4.66. The summed E-state index contributed by atoms with van der Waals surface area (Å²) in [6.07, 6.45) is 2.19. The Kier molecular flexibility index (Phi) is 4.02. The lowest BCUT2D eigenvalue weighted by molar-refractivity contribution is -0.402. The molecule has 8 heteroatoms.